The van der Waals surface area contributed by atoms with E-state index >= 15 is 0 Å². The lowest BCUT2D eigenvalue weighted by Gasteiger charge is -2.15. The van der Waals surface area contributed by atoms with Crippen molar-refractivity contribution in [1.82, 2.24) is 14.8 Å². The van der Waals surface area contributed by atoms with Gasteiger partial charge in [-0.2, -0.15) is 5.10 Å². The molecule has 0 aliphatic rings. The van der Waals surface area contributed by atoms with Crippen LogP contribution in [0.15, 0.2) is 37.2 Å². The van der Waals surface area contributed by atoms with Crippen molar-refractivity contribution in [3.63, 3.8) is 0 Å². The van der Waals surface area contributed by atoms with Gasteiger partial charge in [0.1, 0.15) is 17.8 Å². The molecule has 0 spiro atoms. The molecule has 2 heterocycles. The van der Waals surface area contributed by atoms with Gasteiger partial charge in [0, 0.05) is 31.7 Å². The molecule has 0 aliphatic carbocycles. The molecule has 1 aromatic carbocycles. The van der Waals surface area contributed by atoms with Crippen LogP contribution in [0, 0.1) is 0 Å². The normalized spacial score (nSPS) is 12.1. The number of hydrogen-bond acceptors (Lipinski definition) is 3. The first-order valence-electron chi connectivity index (χ1n) is 7.92. The van der Waals surface area contributed by atoms with Crippen LogP contribution in [0.25, 0.3) is 27.9 Å². The van der Waals surface area contributed by atoms with E-state index in [2.05, 4.69) is 54.5 Å². The van der Waals surface area contributed by atoms with Gasteiger partial charge in [0.25, 0.3) is 0 Å². The number of ether oxygens (including phenoxy) is 1. The summed E-state index contributed by atoms with van der Waals surface area (Å²) in [6.07, 6.45) is 5.68. The number of fused-ring (bicyclic) bond motifs is 3. The van der Waals surface area contributed by atoms with Crippen LogP contribution in [-0.2, 0) is 11.5 Å². The van der Waals surface area contributed by atoms with Gasteiger partial charge in [-0.25, -0.2) is 4.68 Å². The Morgan fingerprint density at radius 2 is 2.13 bits per heavy atom. The molecule has 0 saturated heterocycles. The molecule has 3 aromatic rings. The van der Waals surface area contributed by atoms with Crippen LogP contribution in [0.4, 0.5) is 0 Å². The van der Waals surface area contributed by atoms with Crippen molar-refractivity contribution in [3.8, 4) is 0 Å². The second-order valence-electron chi connectivity index (χ2n) is 7.06. The van der Waals surface area contributed by atoms with E-state index < -0.39 is 8.07 Å². The van der Waals surface area contributed by atoms with Crippen LogP contribution in [0.5, 0.6) is 0 Å². The zero-order valence-electron chi connectivity index (χ0n) is 14.0. The van der Waals surface area contributed by atoms with Crippen molar-refractivity contribution in [3.05, 3.63) is 42.7 Å². The summed E-state index contributed by atoms with van der Waals surface area (Å²) in [7, 11) is -1.05. The molecule has 0 aliphatic heterocycles. The van der Waals surface area contributed by atoms with E-state index in [4.69, 9.17) is 4.74 Å². The SMILES string of the molecule is C=Cc1ccc2c(cnc3cn(COCC[Si](C)(C)C)nc32)c1. The summed E-state index contributed by atoms with van der Waals surface area (Å²) in [4.78, 5) is 4.51. The fraction of sp³-hybridized carbons (Fsp3) is 0.333. The third-order valence-corrected chi connectivity index (χ3v) is 5.58. The topological polar surface area (TPSA) is 39.9 Å². The van der Waals surface area contributed by atoms with Gasteiger partial charge >= 0.3 is 0 Å². The van der Waals surface area contributed by atoms with Crippen molar-refractivity contribution < 1.29 is 4.74 Å². The molecular formula is C18H23N3OSi. The highest BCUT2D eigenvalue weighted by Gasteiger charge is 2.12. The van der Waals surface area contributed by atoms with Gasteiger partial charge in [0.05, 0.1) is 6.20 Å². The highest BCUT2D eigenvalue weighted by atomic mass is 28.3. The molecule has 0 N–H and O–H groups in total. The zero-order chi connectivity index (χ0) is 16.4. The number of aromatic nitrogens is 3. The van der Waals surface area contributed by atoms with E-state index in [-0.39, 0.29) is 0 Å². The summed E-state index contributed by atoms with van der Waals surface area (Å²) in [6, 6.07) is 7.38. The maximum absolute atomic E-state index is 5.77. The van der Waals surface area contributed by atoms with Gasteiger partial charge in [-0.3, -0.25) is 4.98 Å². The van der Waals surface area contributed by atoms with Crippen LogP contribution < -0.4 is 0 Å². The van der Waals surface area contributed by atoms with Crippen LogP contribution in [0.3, 0.4) is 0 Å². The summed E-state index contributed by atoms with van der Waals surface area (Å²) in [6.45, 7) is 12.1. The van der Waals surface area contributed by atoms with E-state index in [1.807, 2.05) is 23.2 Å². The monoisotopic (exact) mass is 325 g/mol. The largest absolute Gasteiger partial charge is 0.360 e. The average molecular weight is 325 g/mol. The Kier molecular flexibility index (Phi) is 4.32. The number of benzene rings is 1. The summed E-state index contributed by atoms with van der Waals surface area (Å²) in [5.41, 5.74) is 2.91. The molecule has 3 rings (SSSR count). The van der Waals surface area contributed by atoms with E-state index in [1.54, 1.807) is 0 Å². The first-order chi connectivity index (χ1) is 11.0. The fourth-order valence-electron chi connectivity index (χ4n) is 2.47. The first kappa shape index (κ1) is 15.9. The Hall–Kier alpha value is -1.98. The van der Waals surface area contributed by atoms with Crippen molar-refractivity contribution in [2.45, 2.75) is 32.4 Å². The lowest BCUT2D eigenvalue weighted by molar-refractivity contribution is 0.0791. The Labute approximate surface area is 137 Å². The highest BCUT2D eigenvalue weighted by Crippen LogP contribution is 2.23. The molecule has 0 radical (unpaired) electrons. The number of hydrogen-bond donors (Lipinski definition) is 0. The smallest absolute Gasteiger partial charge is 0.139 e. The second kappa shape index (κ2) is 6.26. The fourth-order valence-corrected chi connectivity index (χ4v) is 3.23. The molecule has 0 unspecified atom stereocenters. The molecule has 0 saturated carbocycles. The Morgan fingerprint density at radius 3 is 2.87 bits per heavy atom. The Bertz CT molecular complexity index is 848. The molecule has 23 heavy (non-hydrogen) atoms. The summed E-state index contributed by atoms with van der Waals surface area (Å²) in [5, 5.41) is 6.84. The Morgan fingerprint density at radius 1 is 1.30 bits per heavy atom. The molecule has 2 aromatic heterocycles. The molecule has 0 fully saturated rings. The minimum absolute atomic E-state index is 0.479. The first-order valence-corrected chi connectivity index (χ1v) is 11.6. The highest BCUT2D eigenvalue weighted by molar-refractivity contribution is 6.76. The second-order valence-corrected chi connectivity index (χ2v) is 12.7. The van der Waals surface area contributed by atoms with Crippen molar-refractivity contribution in [1.29, 1.82) is 0 Å². The summed E-state index contributed by atoms with van der Waals surface area (Å²) in [5.74, 6) is 0. The molecule has 0 amide bonds. The van der Waals surface area contributed by atoms with Crippen LogP contribution in [0.1, 0.15) is 5.56 Å². The predicted octanol–water partition coefficient (Wildman–Crippen LogP) is 4.54. The molecule has 5 heteroatoms. The maximum atomic E-state index is 5.77. The van der Waals surface area contributed by atoms with Gasteiger partial charge in [-0.05, 0) is 17.7 Å². The van der Waals surface area contributed by atoms with Gasteiger partial charge in [-0.15, -0.1) is 0 Å². The minimum atomic E-state index is -1.05. The average Bonchev–Trinajstić information content (AvgIpc) is 2.93. The van der Waals surface area contributed by atoms with Gasteiger partial charge in [0.2, 0.25) is 0 Å². The number of nitrogens with zero attached hydrogens (tertiary/aromatic N) is 3. The van der Waals surface area contributed by atoms with Crippen LogP contribution >= 0.6 is 0 Å². The summed E-state index contributed by atoms with van der Waals surface area (Å²) < 4.78 is 7.60. The molecule has 4 nitrogen and oxygen atoms in total. The van der Waals surface area contributed by atoms with Gasteiger partial charge in [0.15, 0.2) is 0 Å². The van der Waals surface area contributed by atoms with E-state index in [9.17, 15) is 0 Å². The van der Waals surface area contributed by atoms with Gasteiger partial charge < -0.3 is 4.74 Å². The van der Waals surface area contributed by atoms with Crippen molar-refractivity contribution in [2.75, 3.05) is 6.61 Å². The van der Waals surface area contributed by atoms with E-state index in [0.717, 1.165) is 34.0 Å². The lowest BCUT2D eigenvalue weighted by atomic mass is 10.1. The van der Waals surface area contributed by atoms with Crippen molar-refractivity contribution >= 4 is 36.0 Å². The quantitative estimate of drug-likeness (QED) is 0.493. The Balaban J connectivity index is 1.81. The summed E-state index contributed by atoms with van der Waals surface area (Å²) >= 11 is 0. The van der Waals surface area contributed by atoms with Crippen molar-refractivity contribution in [2.24, 2.45) is 0 Å². The van der Waals surface area contributed by atoms with Crippen LogP contribution in [-0.4, -0.2) is 29.4 Å². The molecule has 0 atom stereocenters. The van der Waals surface area contributed by atoms with Gasteiger partial charge in [-0.1, -0.05) is 44.4 Å². The number of pyridine rings is 1. The zero-order valence-corrected chi connectivity index (χ0v) is 15.0. The number of rotatable bonds is 6. The minimum Gasteiger partial charge on any atom is -0.360 e. The molecular weight excluding hydrogens is 302 g/mol. The molecule has 0 bridgehead atoms. The lowest BCUT2D eigenvalue weighted by Crippen LogP contribution is -2.22. The predicted molar refractivity (Wildman–Crippen MR) is 99.2 cm³/mol. The van der Waals surface area contributed by atoms with E-state index in [0.29, 0.717) is 6.73 Å². The standard InChI is InChI=1S/C18H23N3OSi/c1-5-14-6-7-16-15(10-14)11-19-17-12-21(20-18(16)17)13-22-8-9-23(2,3)4/h5-7,10-12H,1,8-9,13H2,2-4H3. The third-order valence-electron chi connectivity index (χ3n) is 3.87. The van der Waals surface area contributed by atoms with Crippen LogP contribution in [0.2, 0.25) is 25.7 Å². The third kappa shape index (κ3) is 3.68. The maximum Gasteiger partial charge on any atom is 0.139 e. The molecule has 120 valence electrons. The van der Waals surface area contributed by atoms with E-state index in [1.165, 1.54) is 6.04 Å².